The molecular weight excluding hydrogens is 262 g/mol. The summed E-state index contributed by atoms with van der Waals surface area (Å²) in [7, 11) is 4.27. The highest BCUT2D eigenvalue weighted by Crippen LogP contribution is 2.33. The van der Waals surface area contributed by atoms with Crippen LogP contribution in [0.3, 0.4) is 0 Å². The fourth-order valence-electron chi connectivity index (χ4n) is 2.72. The van der Waals surface area contributed by atoms with Gasteiger partial charge in [-0.1, -0.05) is 12.8 Å². The third-order valence-electron chi connectivity index (χ3n) is 3.98. The van der Waals surface area contributed by atoms with Gasteiger partial charge in [0.2, 0.25) is 5.01 Å². The number of thiazole rings is 1. The van der Waals surface area contributed by atoms with E-state index in [1.165, 1.54) is 37.0 Å². The van der Waals surface area contributed by atoms with E-state index in [9.17, 15) is 4.79 Å². The normalized spacial score (nSPS) is 18.1. The number of aromatic carboxylic acids is 1. The van der Waals surface area contributed by atoms with Crippen molar-refractivity contribution < 1.29 is 9.90 Å². The van der Waals surface area contributed by atoms with Crippen LogP contribution in [-0.2, 0) is 6.54 Å². The third-order valence-corrected chi connectivity index (χ3v) is 4.86. The van der Waals surface area contributed by atoms with Crippen LogP contribution < -0.4 is 5.32 Å². The quantitative estimate of drug-likeness (QED) is 0.833. The number of hydrogen-bond donors (Lipinski definition) is 2. The van der Waals surface area contributed by atoms with Crippen molar-refractivity contribution in [3.8, 4) is 0 Å². The van der Waals surface area contributed by atoms with Crippen LogP contribution in [0.5, 0.6) is 0 Å². The second-order valence-electron chi connectivity index (χ2n) is 5.38. The molecule has 1 aromatic heterocycles. The first kappa shape index (κ1) is 14.4. The molecule has 5 nitrogen and oxygen atoms in total. The second kappa shape index (κ2) is 5.98. The second-order valence-corrected chi connectivity index (χ2v) is 6.24. The molecule has 0 bridgehead atoms. The average Bonchev–Trinajstić information content (AvgIpc) is 2.98. The lowest BCUT2D eigenvalue weighted by Gasteiger charge is -2.36. The Morgan fingerprint density at radius 3 is 2.74 bits per heavy atom. The van der Waals surface area contributed by atoms with Crippen LogP contribution in [0, 0.1) is 0 Å². The standard InChI is InChI=1S/C13H21N3O2S/c1-16(2)13(5-3-4-6-13)9-14-7-10-8-19-11(15-10)12(17)18/h8,14H,3-7,9H2,1-2H3,(H,17,18). The zero-order chi connectivity index (χ0) is 13.9. The summed E-state index contributed by atoms with van der Waals surface area (Å²) < 4.78 is 0. The van der Waals surface area contributed by atoms with Crippen molar-refractivity contribution in [1.29, 1.82) is 0 Å². The molecule has 0 atom stereocenters. The highest BCUT2D eigenvalue weighted by Gasteiger charge is 2.35. The molecule has 106 valence electrons. The van der Waals surface area contributed by atoms with Gasteiger partial charge in [-0.25, -0.2) is 9.78 Å². The average molecular weight is 283 g/mol. The number of nitrogens with one attached hydrogen (secondary N) is 1. The van der Waals surface area contributed by atoms with Gasteiger partial charge in [0.15, 0.2) is 0 Å². The van der Waals surface area contributed by atoms with Crippen molar-refractivity contribution in [1.82, 2.24) is 15.2 Å². The molecule has 2 N–H and O–H groups in total. The first-order valence-electron chi connectivity index (χ1n) is 6.59. The minimum Gasteiger partial charge on any atom is -0.476 e. The monoisotopic (exact) mass is 283 g/mol. The number of carboxylic acid groups (broad SMARTS) is 1. The van der Waals surface area contributed by atoms with Crippen molar-refractivity contribution in [2.45, 2.75) is 37.8 Å². The fraction of sp³-hybridized carbons (Fsp3) is 0.692. The van der Waals surface area contributed by atoms with E-state index in [1.807, 2.05) is 5.38 Å². The molecule has 0 aliphatic heterocycles. The Balaban J connectivity index is 1.86. The Morgan fingerprint density at radius 1 is 1.53 bits per heavy atom. The van der Waals surface area contributed by atoms with Crippen molar-refractivity contribution >= 4 is 17.3 Å². The van der Waals surface area contributed by atoms with Gasteiger partial charge in [0.25, 0.3) is 0 Å². The maximum Gasteiger partial charge on any atom is 0.365 e. The van der Waals surface area contributed by atoms with Gasteiger partial charge in [-0.05, 0) is 26.9 Å². The van der Waals surface area contributed by atoms with Gasteiger partial charge in [0.05, 0.1) is 5.69 Å². The zero-order valence-corrected chi connectivity index (χ0v) is 12.3. The van der Waals surface area contributed by atoms with Crippen LogP contribution in [-0.4, -0.2) is 47.1 Å². The van der Waals surface area contributed by atoms with Crippen molar-refractivity contribution in [3.05, 3.63) is 16.1 Å². The molecule has 6 heteroatoms. The molecule has 19 heavy (non-hydrogen) atoms. The minimum atomic E-state index is -0.947. The first-order chi connectivity index (χ1) is 9.03. The number of carboxylic acids is 1. The Labute approximate surface area is 117 Å². The van der Waals surface area contributed by atoms with Crippen LogP contribution in [0.15, 0.2) is 5.38 Å². The lowest BCUT2D eigenvalue weighted by Crippen LogP contribution is -2.49. The maximum atomic E-state index is 10.8. The van der Waals surface area contributed by atoms with Gasteiger partial charge in [0.1, 0.15) is 0 Å². The van der Waals surface area contributed by atoms with Crippen LogP contribution in [0.4, 0.5) is 0 Å². The van der Waals surface area contributed by atoms with Crippen molar-refractivity contribution in [2.24, 2.45) is 0 Å². The Hall–Kier alpha value is -0.980. The molecule has 1 fully saturated rings. The van der Waals surface area contributed by atoms with E-state index in [4.69, 9.17) is 5.11 Å². The molecule has 1 aliphatic carbocycles. The fourth-order valence-corrected chi connectivity index (χ4v) is 3.38. The topological polar surface area (TPSA) is 65.5 Å². The van der Waals surface area contributed by atoms with Crippen LogP contribution in [0.1, 0.15) is 41.2 Å². The summed E-state index contributed by atoms with van der Waals surface area (Å²) in [5, 5.41) is 14.2. The van der Waals surface area contributed by atoms with E-state index in [0.29, 0.717) is 6.54 Å². The van der Waals surface area contributed by atoms with Crippen LogP contribution >= 0.6 is 11.3 Å². The number of nitrogens with zero attached hydrogens (tertiary/aromatic N) is 2. The Kier molecular flexibility index (Phi) is 4.54. The lowest BCUT2D eigenvalue weighted by molar-refractivity contribution is 0.0696. The van der Waals surface area contributed by atoms with Crippen LogP contribution in [0.2, 0.25) is 0 Å². The molecule has 1 aromatic rings. The number of carbonyl (C=O) groups is 1. The van der Waals surface area contributed by atoms with Gasteiger partial charge < -0.3 is 15.3 Å². The molecule has 0 aromatic carbocycles. The Bertz CT molecular complexity index is 439. The molecule has 0 saturated heterocycles. The zero-order valence-electron chi connectivity index (χ0n) is 11.5. The third kappa shape index (κ3) is 3.32. The van der Waals surface area contributed by atoms with E-state index in [0.717, 1.165) is 12.2 Å². The summed E-state index contributed by atoms with van der Waals surface area (Å²) in [4.78, 5) is 17.2. The highest BCUT2D eigenvalue weighted by atomic mass is 32.1. The largest absolute Gasteiger partial charge is 0.476 e. The summed E-state index contributed by atoms with van der Waals surface area (Å²) in [5.41, 5.74) is 1.07. The lowest BCUT2D eigenvalue weighted by atomic mass is 9.96. The Morgan fingerprint density at radius 2 is 2.21 bits per heavy atom. The smallest absolute Gasteiger partial charge is 0.365 e. The van der Waals surface area contributed by atoms with Gasteiger partial charge in [-0.2, -0.15) is 0 Å². The van der Waals surface area contributed by atoms with Gasteiger partial charge in [-0.3, -0.25) is 0 Å². The number of likely N-dealkylation sites (N-methyl/N-ethyl adjacent to an activating group) is 1. The van der Waals surface area contributed by atoms with Crippen LogP contribution in [0.25, 0.3) is 0 Å². The van der Waals surface area contributed by atoms with Crippen molar-refractivity contribution in [2.75, 3.05) is 20.6 Å². The first-order valence-corrected chi connectivity index (χ1v) is 7.47. The van der Waals surface area contributed by atoms with Gasteiger partial charge in [0, 0.05) is 24.0 Å². The predicted octanol–water partition coefficient (Wildman–Crippen LogP) is 1.81. The molecule has 1 heterocycles. The van der Waals surface area contributed by atoms with Crippen molar-refractivity contribution in [3.63, 3.8) is 0 Å². The molecule has 0 radical (unpaired) electrons. The summed E-state index contributed by atoms with van der Waals surface area (Å²) >= 11 is 1.18. The summed E-state index contributed by atoms with van der Waals surface area (Å²) in [6, 6.07) is 0. The SMILES string of the molecule is CN(C)C1(CNCc2csc(C(=O)O)n2)CCCC1. The van der Waals surface area contributed by atoms with Gasteiger partial charge in [-0.15, -0.1) is 11.3 Å². The molecular formula is C13H21N3O2S. The molecule has 1 saturated carbocycles. The van der Waals surface area contributed by atoms with E-state index >= 15 is 0 Å². The summed E-state index contributed by atoms with van der Waals surface area (Å²) in [6.45, 7) is 1.57. The molecule has 1 aliphatic rings. The van der Waals surface area contributed by atoms with E-state index < -0.39 is 5.97 Å². The predicted molar refractivity (Wildman–Crippen MR) is 75.7 cm³/mol. The molecule has 0 amide bonds. The maximum absolute atomic E-state index is 10.8. The number of hydrogen-bond acceptors (Lipinski definition) is 5. The van der Waals surface area contributed by atoms with E-state index in [2.05, 4.69) is 29.3 Å². The minimum absolute atomic E-state index is 0.167. The summed E-state index contributed by atoms with van der Waals surface area (Å²) in [6.07, 6.45) is 5.04. The van der Waals surface area contributed by atoms with E-state index in [1.54, 1.807) is 0 Å². The number of aromatic nitrogens is 1. The summed E-state index contributed by atoms with van der Waals surface area (Å²) in [5.74, 6) is -0.947. The van der Waals surface area contributed by atoms with E-state index in [-0.39, 0.29) is 10.5 Å². The highest BCUT2D eigenvalue weighted by molar-refractivity contribution is 7.11. The number of rotatable bonds is 6. The molecule has 0 spiro atoms. The molecule has 2 rings (SSSR count). The molecule has 0 unspecified atom stereocenters. The van der Waals surface area contributed by atoms with Gasteiger partial charge >= 0.3 is 5.97 Å².